The van der Waals surface area contributed by atoms with Crippen molar-refractivity contribution in [2.45, 2.75) is 52.7 Å². The number of benzene rings is 1. The molecule has 1 heteroatoms. The molecule has 1 unspecified atom stereocenters. The fourth-order valence-corrected chi connectivity index (χ4v) is 1.44. The van der Waals surface area contributed by atoms with Crippen LogP contribution in [0.1, 0.15) is 51.2 Å². The highest BCUT2D eigenvalue weighted by Crippen LogP contribution is 2.19. The van der Waals surface area contributed by atoms with Crippen LogP contribution in [0.2, 0.25) is 0 Å². The molecule has 1 nitrogen and oxygen atoms in total. The van der Waals surface area contributed by atoms with Gasteiger partial charge in [0.1, 0.15) is 0 Å². The first-order chi connectivity index (χ1) is 7.13. The molecular formula is C14H22O. The third-order valence-corrected chi connectivity index (χ3v) is 2.74. The van der Waals surface area contributed by atoms with E-state index in [9.17, 15) is 0 Å². The Morgan fingerprint density at radius 1 is 1.07 bits per heavy atom. The molecule has 1 rings (SSSR count). The Morgan fingerprint density at radius 3 is 2.13 bits per heavy atom. The van der Waals surface area contributed by atoms with Crippen molar-refractivity contribution in [1.29, 1.82) is 0 Å². The molecule has 0 aromatic heterocycles. The van der Waals surface area contributed by atoms with Gasteiger partial charge in [-0.2, -0.15) is 0 Å². The summed E-state index contributed by atoms with van der Waals surface area (Å²) in [5, 5.41) is 0. The highest BCUT2D eigenvalue weighted by atomic mass is 16.5. The van der Waals surface area contributed by atoms with Crippen LogP contribution in [0.3, 0.4) is 0 Å². The first-order valence-corrected chi connectivity index (χ1v) is 5.84. The summed E-state index contributed by atoms with van der Waals surface area (Å²) < 4.78 is 5.55. The summed E-state index contributed by atoms with van der Waals surface area (Å²) >= 11 is 0. The van der Waals surface area contributed by atoms with Crippen molar-refractivity contribution in [2.24, 2.45) is 0 Å². The molecule has 0 saturated heterocycles. The molecule has 84 valence electrons. The molecule has 1 aromatic carbocycles. The van der Waals surface area contributed by atoms with Gasteiger partial charge >= 0.3 is 0 Å². The van der Waals surface area contributed by atoms with Crippen LogP contribution < -0.4 is 0 Å². The van der Waals surface area contributed by atoms with E-state index in [4.69, 9.17) is 4.74 Å². The highest BCUT2D eigenvalue weighted by Gasteiger charge is 2.02. The fraction of sp³-hybridized carbons (Fsp3) is 0.571. The van der Waals surface area contributed by atoms with E-state index in [-0.39, 0.29) is 0 Å². The summed E-state index contributed by atoms with van der Waals surface area (Å²) in [4.78, 5) is 0. The number of rotatable bonds is 5. The fourth-order valence-electron chi connectivity index (χ4n) is 1.44. The van der Waals surface area contributed by atoms with Crippen LogP contribution in [0, 0.1) is 0 Å². The zero-order valence-electron chi connectivity index (χ0n) is 10.3. The molecule has 0 bridgehead atoms. The number of ether oxygens (including phenoxy) is 1. The Hall–Kier alpha value is -0.820. The Labute approximate surface area is 93.5 Å². The first kappa shape index (κ1) is 12.3. The van der Waals surface area contributed by atoms with Gasteiger partial charge in [-0.15, -0.1) is 0 Å². The van der Waals surface area contributed by atoms with Gasteiger partial charge in [0.05, 0.1) is 12.7 Å². The molecular weight excluding hydrogens is 184 g/mol. The third-order valence-electron chi connectivity index (χ3n) is 2.74. The van der Waals surface area contributed by atoms with Crippen LogP contribution in [0.5, 0.6) is 0 Å². The maximum absolute atomic E-state index is 5.55. The average molecular weight is 206 g/mol. The van der Waals surface area contributed by atoms with Crippen molar-refractivity contribution in [1.82, 2.24) is 0 Å². The monoisotopic (exact) mass is 206 g/mol. The minimum Gasteiger partial charge on any atom is -0.374 e. The molecule has 0 spiro atoms. The van der Waals surface area contributed by atoms with Gasteiger partial charge < -0.3 is 4.74 Å². The van der Waals surface area contributed by atoms with E-state index in [0.717, 1.165) is 6.61 Å². The lowest BCUT2D eigenvalue weighted by atomic mass is 9.98. The van der Waals surface area contributed by atoms with Gasteiger partial charge in [-0.1, -0.05) is 38.1 Å². The summed E-state index contributed by atoms with van der Waals surface area (Å²) in [6.07, 6.45) is 1.50. The van der Waals surface area contributed by atoms with E-state index >= 15 is 0 Å². The van der Waals surface area contributed by atoms with E-state index in [1.54, 1.807) is 0 Å². The molecule has 0 fully saturated rings. The minimum absolute atomic E-state index is 0.305. The molecule has 1 atom stereocenters. The smallest absolute Gasteiger partial charge is 0.0720 e. The van der Waals surface area contributed by atoms with E-state index in [1.807, 2.05) is 0 Å². The number of hydrogen-bond donors (Lipinski definition) is 0. The molecule has 0 radical (unpaired) electrons. The first-order valence-electron chi connectivity index (χ1n) is 5.84. The Kier molecular flexibility index (Phi) is 4.83. The summed E-state index contributed by atoms with van der Waals surface area (Å²) in [6.45, 7) is 9.33. The molecule has 15 heavy (non-hydrogen) atoms. The van der Waals surface area contributed by atoms with Crippen LogP contribution in [-0.2, 0) is 11.3 Å². The normalized spacial score (nSPS) is 13.1. The van der Waals surface area contributed by atoms with E-state index < -0.39 is 0 Å². The van der Waals surface area contributed by atoms with Gasteiger partial charge in [0.2, 0.25) is 0 Å². The van der Waals surface area contributed by atoms with Crippen molar-refractivity contribution in [3.05, 3.63) is 35.4 Å². The third kappa shape index (κ3) is 4.05. The molecule has 0 aliphatic heterocycles. The van der Waals surface area contributed by atoms with Crippen molar-refractivity contribution >= 4 is 0 Å². The Morgan fingerprint density at radius 2 is 1.67 bits per heavy atom. The van der Waals surface area contributed by atoms with Crippen LogP contribution in [0.4, 0.5) is 0 Å². The van der Waals surface area contributed by atoms with Crippen molar-refractivity contribution in [3.63, 3.8) is 0 Å². The lowest BCUT2D eigenvalue weighted by molar-refractivity contribution is 0.0657. The van der Waals surface area contributed by atoms with Crippen LogP contribution in [0.15, 0.2) is 24.3 Å². The lowest BCUT2D eigenvalue weighted by Crippen LogP contribution is -2.02. The van der Waals surface area contributed by atoms with Crippen LogP contribution in [-0.4, -0.2) is 6.10 Å². The standard InChI is InChI=1S/C14H22O/c1-5-12(4)14-8-6-13(7-9-14)10-15-11(2)3/h6-9,11-12H,5,10H2,1-4H3. The molecule has 0 aliphatic rings. The summed E-state index contributed by atoms with van der Waals surface area (Å²) in [6, 6.07) is 8.77. The topological polar surface area (TPSA) is 9.23 Å². The quantitative estimate of drug-likeness (QED) is 0.704. The van der Waals surface area contributed by atoms with Gasteiger partial charge in [-0.05, 0) is 37.3 Å². The molecule has 1 aromatic rings. The summed E-state index contributed by atoms with van der Waals surface area (Å²) in [5.74, 6) is 0.657. The van der Waals surface area contributed by atoms with E-state index in [0.29, 0.717) is 12.0 Å². The van der Waals surface area contributed by atoms with Gasteiger partial charge in [-0.25, -0.2) is 0 Å². The van der Waals surface area contributed by atoms with Gasteiger partial charge in [0.15, 0.2) is 0 Å². The summed E-state index contributed by atoms with van der Waals surface area (Å²) in [5.41, 5.74) is 2.68. The highest BCUT2D eigenvalue weighted by molar-refractivity contribution is 5.24. The zero-order valence-corrected chi connectivity index (χ0v) is 10.3. The maximum atomic E-state index is 5.55. The molecule has 0 amide bonds. The predicted octanol–water partition coefficient (Wildman–Crippen LogP) is 4.13. The summed E-state index contributed by atoms with van der Waals surface area (Å²) in [7, 11) is 0. The van der Waals surface area contributed by atoms with Crippen molar-refractivity contribution in [2.75, 3.05) is 0 Å². The second kappa shape index (κ2) is 5.92. The van der Waals surface area contributed by atoms with E-state index in [1.165, 1.54) is 17.5 Å². The molecule has 0 N–H and O–H groups in total. The Balaban J connectivity index is 2.56. The largest absolute Gasteiger partial charge is 0.374 e. The Bertz CT molecular complexity index is 274. The van der Waals surface area contributed by atoms with Gasteiger partial charge in [0.25, 0.3) is 0 Å². The molecule has 0 saturated carbocycles. The zero-order chi connectivity index (χ0) is 11.3. The molecule has 0 aliphatic carbocycles. The van der Waals surface area contributed by atoms with Crippen molar-refractivity contribution < 1.29 is 4.74 Å². The SMILES string of the molecule is CCC(C)c1ccc(COC(C)C)cc1. The predicted molar refractivity (Wildman–Crippen MR) is 65.1 cm³/mol. The number of hydrogen-bond acceptors (Lipinski definition) is 1. The maximum Gasteiger partial charge on any atom is 0.0720 e. The second-order valence-electron chi connectivity index (χ2n) is 4.41. The van der Waals surface area contributed by atoms with Crippen LogP contribution >= 0.6 is 0 Å². The van der Waals surface area contributed by atoms with E-state index in [2.05, 4.69) is 52.0 Å². The van der Waals surface area contributed by atoms with Gasteiger partial charge in [0, 0.05) is 0 Å². The second-order valence-corrected chi connectivity index (χ2v) is 4.41. The molecule has 0 heterocycles. The minimum atomic E-state index is 0.305. The van der Waals surface area contributed by atoms with Crippen LogP contribution in [0.25, 0.3) is 0 Å². The van der Waals surface area contributed by atoms with Crippen molar-refractivity contribution in [3.8, 4) is 0 Å². The van der Waals surface area contributed by atoms with Gasteiger partial charge in [-0.3, -0.25) is 0 Å². The lowest BCUT2D eigenvalue weighted by Gasteiger charge is -2.11. The average Bonchev–Trinajstić information content (AvgIpc) is 2.26.